The third-order valence-corrected chi connectivity index (χ3v) is 3.02. The zero-order chi connectivity index (χ0) is 15.2. The number of carbonyl (C=O) groups is 2. The van der Waals surface area contributed by atoms with Crippen LogP contribution in [-0.4, -0.2) is 36.2 Å². The fourth-order valence-corrected chi connectivity index (χ4v) is 1.92. The lowest BCUT2D eigenvalue weighted by molar-refractivity contribution is -0.139. The van der Waals surface area contributed by atoms with E-state index < -0.39 is 17.9 Å². The Labute approximate surface area is 122 Å². The van der Waals surface area contributed by atoms with E-state index in [0.29, 0.717) is 30.3 Å². The monoisotopic (exact) mass is 291 g/mol. The van der Waals surface area contributed by atoms with Crippen molar-refractivity contribution in [1.29, 1.82) is 0 Å². The van der Waals surface area contributed by atoms with Crippen molar-refractivity contribution in [3.8, 4) is 11.5 Å². The molecule has 6 nitrogen and oxygen atoms in total. The van der Waals surface area contributed by atoms with Crippen LogP contribution in [0.15, 0.2) is 30.4 Å². The number of carbonyl (C=O) groups excluding carboxylic acids is 1. The van der Waals surface area contributed by atoms with Crippen LogP contribution in [0.2, 0.25) is 0 Å². The van der Waals surface area contributed by atoms with E-state index in [4.69, 9.17) is 14.6 Å². The lowest BCUT2D eigenvalue weighted by atomic mass is 10.1. The quantitative estimate of drug-likeness (QED) is 0.805. The number of rotatable bonds is 5. The Hall–Kier alpha value is -2.50. The van der Waals surface area contributed by atoms with Crippen LogP contribution >= 0.6 is 0 Å². The molecule has 0 spiro atoms. The molecule has 1 amide bonds. The summed E-state index contributed by atoms with van der Waals surface area (Å²) in [5.74, 6) is -0.446. The average Bonchev–Trinajstić information content (AvgIpc) is 2.50. The summed E-state index contributed by atoms with van der Waals surface area (Å²) in [6, 6.07) is 3.82. The first-order chi connectivity index (χ1) is 10.1. The van der Waals surface area contributed by atoms with Gasteiger partial charge in [-0.05, 0) is 31.5 Å². The second kappa shape index (κ2) is 6.78. The Kier molecular flexibility index (Phi) is 4.81. The Bertz CT molecular complexity index is 567. The molecule has 2 N–H and O–H groups in total. The first-order valence-corrected chi connectivity index (χ1v) is 6.66. The maximum atomic E-state index is 12.1. The van der Waals surface area contributed by atoms with Crippen LogP contribution in [-0.2, 0) is 4.79 Å². The number of fused-ring (bicyclic) bond motifs is 1. The van der Waals surface area contributed by atoms with E-state index in [1.54, 1.807) is 37.3 Å². The minimum Gasteiger partial charge on any atom is -0.486 e. The topological polar surface area (TPSA) is 84.9 Å². The van der Waals surface area contributed by atoms with Gasteiger partial charge in [0.25, 0.3) is 5.91 Å². The maximum absolute atomic E-state index is 12.1. The molecule has 21 heavy (non-hydrogen) atoms. The summed E-state index contributed by atoms with van der Waals surface area (Å²) in [6.45, 7) is 2.70. The van der Waals surface area contributed by atoms with Crippen molar-refractivity contribution >= 4 is 11.9 Å². The summed E-state index contributed by atoms with van der Waals surface area (Å²) in [7, 11) is 0. The number of amides is 1. The SMILES string of the molecule is C/C=C/CC(NC(=O)c1ccc2c(c1)OCCO2)C(=O)O. The lowest BCUT2D eigenvalue weighted by Crippen LogP contribution is -2.40. The fraction of sp³-hybridized carbons (Fsp3) is 0.333. The number of aliphatic carboxylic acids is 1. The summed E-state index contributed by atoms with van der Waals surface area (Å²) in [4.78, 5) is 23.2. The van der Waals surface area contributed by atoms with Crippen molar-refractivity contribution in [3.05, 3.63) is 35.9 Å². The second-order valence-electron chi connectivity index (χ2n) is 4.53. The lowest BCUT2D eigenvalue weighted by Gasteiger charge is -2.19. The molecule has 1 aromatic carbocycles. The van der Waals surface area contributed by atoms with Gasteiger partial charge in [-0.1, -0.05) is 12.2 Å². The van der Waals surface area contributed by atoms with Crippen LogP contribution in [0.4, 0.5) is 0 Å². The molecule has 1 aromatic rings. The number of hydrogen-bond acceptors (Lipinski definition) is 4. The molecule has 112 valence electrons. The highest BCUT2D eigenvalue weighted by Gasteiger charge is 2.21. The Morgan fingerprint density at radius 3 is 2.71 bits per heavy atom. The van der Waals surface area contributed by atoms with Crippen molar-refractivity contribution in [2.75, 3.05) is 13.2 Å². The normalized spacial score (nSPS) is 14.7. The van der Waals surface area contributed by atoms with Gasteiger partial charge >= 0.3 is 5.97 Å². The van der Waals surface area contributed by atoms with E-state index in [9.17, 15) is 9.59 Å². The van der Waals surface area contributed by atoms with Crippen molar-refractivity contribution in [3.63, 3.8) is 0 Å². The molecule has 1 aliphatic heterocycles. The van der Waals surface area contributed by atoms with Crippen LogP contribution in [0.5, 0.6) is 11.5 Å². The van der Waals surface area contributed by atoms with Crippen molar-refractivity contribution in [1.82, 2.24) is 5.32 Å². The van der Waals surface area contributed by atoms with Crippen LogP contribution in [0.25, 0.3) is 0 Å². The van der Waals surface area contributed by atoms with Crippen LogP contribution in [0.3, 0.4) is 0 Å². The van der Waals surface area contributed by atoms with E-state index in [2.05, 4.69) is 5.32 Å². The molecule has 0 fully saturated rings. The molecule has 0 radical (unpaired) electrons. The highest BCUT2D eigenvalue weighted by atomic mass is 16.6. The smallest absolute Gasteiger partial charge is 0.326 e. The summed E-state index contributed by atoms with van der Waals surface area (Å²) in [5.41, 5.74) is 0.339. The van der Waals surface area contributed by atoms with Crippen molar-refractivity contribution in [2.45, 2.75) is 19.4 Å². The zero-order valence-electron chi connectivity index (χ0n) is 11.7. The van der Waals surface area contributed by atoms with Gasteiger partial charge in [-0.15, -0.1) is 0 Å². The first kappa shape index (κ1) is 14.9. The minimum atomic E-state index is -1.07. The van der Waals surface area contributed by atoms with Gasteiger partial charge in [0.05, 0.1) is 0 Å². The number of carboxylic acids is 1. The Morgan fingerprint density at radius 2 is 2.05 bits per heavy atom. The van der Waals surface area contributed by atoms with Crippen LogP contribution < -0.4 is 14.8 Å². The standard InChI is InChI=1S/C15H17NO5/c1-2-3-4-11(15(18)19)16-14(17)10-5-6-12-13(9-10)21-8-7-20-12/h2-3,5-6,9,11H,4,7-8H2,1H3,(H,16,17)(H,18,19)/b3-2+. The number of hydrogen-bond donors (Lipinski definition) is 2. The van der Waals surface area contributed by atoms with E-state index in [1.165, 1.54) is 0 Å². The molecule has 0 saturated carbocycles. The number of allylic oxidation sites excluding steroid dienone is 1. The predicted molar refractivity (Wildman–Crippen MR) is 75.8 cm³/mol. The molecule has 0 aromatic heterocycles. The first-order valence-electron chi connectivity index (χ1n) is 6.66. The zero-order valence-corrected chi connectivity index (χ0v) is 11.7. The number of ether oxygens (including phenoxy) is 2. The van der Waals surface area contributed by atoms with Crippen molar-refractivity contribution < 1.29 is 24.2 Å². The van der Waals surface area contributed by atoms with Gasteiger partial charge in [-0.3, -0.25) is 4.79 Å². The summed E-state index contributed by atoms with van der Waals surface area (Å²) < 4.78 is 10.8. The third-order valence-electron chi connectivity index (χ3n) is 3.02. The minimum absolute atomic E-state index is 0.238. The number of nitrogens with one attached hydrogen (secondary N) is 1. The molecule has 0 bridgehead atoms. The second-order valence-corrected chi connectivity index (χ2v) is 4.53. The molecule has 1 heterocycles. The molecule has 6 heteroatoms. The molecular weight excluding hydrogens is 274 g/mol. The third kappa shape index (κ3) is 3.75. The fourth-order valence-electron chi connectivity index (χ4n) is 1.92. The van der Waals surface area contributed by atoms with Gasteiger partial charge in [0.15, 0.2) is 11.5 Å². The highest BCUT2D eigenvalue weighted by Crippen LogP contribution is 2.30. The maximum Gasteiger partial charge on any atom is 0.326 e. The number of benzene rings is 1. The van der Waals surface area contributed by atoms with E-state index in [1.807, 2.05) is 0 Å². The molecule has 1 atom stereocenters. The summed E-state index contributed by atoms with van der Waals surface area (Å²) in [6.07, 6.45) is 3.68. The number of carboxylic acid groups (broad SMARTS) is 1. The molecule has 1 aliphatic rings. The van der Waals surface area contributed by atoms with E-state index >= 15 is 0 Å². The van der Waals surface area contributed by atoms with Gasteiger partial charge in [-0.25, -0.2) is 4.79 Å². The van der Waals surface area contributed by atoms with Gasteiger partial charge < -0.3 is 19.9 Å². The largest absolute Gasteiger partial charge is 0.486 e. The Morgan fingerprint density at radius 1 is 1.33 bits per heavy atom. The predicted octanol–water partition coefficient (Wildman–Crippen LogP) is 1.61. The van der Waals surface area contributed by atoms with Gasteiger partial charge in [0.1, 0.15) is 19.3 Å². The summed E-state index contributed by atoms with van der Waals surface area (Å²) >= 11 is 0. The van der Waals surface area contributed by atoms with Crippen molar-refractivity contribution in [2.24, 2.45) is 0 Å². The molecular formula is C15H17NO5. The molecule has 1 unspecified atom stereocenters. The molecule has 0 aliphatic carbocycles. The van der Waals surface area contributed by atoms with Gasteiger partial charge in [0, 0.05) is 5.56 Å². The highest BCUT2D eigenvalue weighted by molar-refractivity contribution is 5.97. The molecule has 2 rings (SSSR count). The Balaban J connectivity index is 2.10. The van der Waals surface area contributed by atoms with Crippen LogP contribution in [0.1, 0.15) is 23.7 Å². The van der Waals surface area contributed by atoms with Gasteiger partial charge in [0.2, 0.25) is 0 Å². The van der Waals surface area contributed by atoms with Crippen LogP contribution in [0, 0.1) is 0 Å². The summed E-state index contributed by atoms with van der Waals surface area (Å²) in [5, 5.41) is 11.6. The van der Waals surface area contributed by atoms with E-state index in [0.717, 1.165) is 0 Å². The molecule has 0 saturated heterocycles. The van der Waals surface area contributed by atoms with E-state index in [-0.39, 0.29) is 6.42 Å². The average molecular weight is 291 g/mol. The van der Waals surface area contributed by atoms with Gasteiger partial charge in [-0.2, -0.15) is 0 Å².